The van der Waals surface area contributed by atoms with Gasteiger partial charge in [-0.2, -0.15) is 5.10 Å². The van der Waals surface area contributed by atoms with Gasteiger partial charge in [-0.1, -0.05) is 0 Å². The molecule has 0 bridgehead atoms. The Labute approximate surface area is 194 Å². The van der Waals surface area contributed by atoms with Crippen LogP contribution in [0.1, 0.15) is 42.3 Å². The van der Waals surface area contributed by atoms with Crippen molar-refractivity contribution >= 4 is 5.91 Å². The molecule has 2 aliphatic rings. The number of benzene rings is 2. The Morgan fingerprint density at radius 3 is 2.71 bits per heavy atom. The van der Waals surface area contributed by atoms with Gasteiger partial charge in [-0.3, -0.25) is 9.48 Å². The highest BCUT2D eigenvalue weighted by atomic mass is 19.1. The van der Waals surface area contributed by atoms with Gasteiger partial charge < -0.3 is 14.7 Å². The van der Waals surface area contributed by atoms with Crippen LogP contribution in [0.15, 0.2) is 30.3 Å². The lowest BCUT2D eigenvalue weighted by Gasteiger charge is -2.28. The number of carbonyl (C=O) groups excluding carboxylic acids is 1. The maximum atomic E-state index is 14.4. The van der Waals surface area contributed by atoms with Crippen molar-refractivity contribution in [2.24, 2.45) is 0 Å². The third kappa shape index (κ3) is 3.64. The maximum absolute atomic E-state index is 14.4. The van der Waals surface area contributed by atoms with Crippen molar-refractivity contribution in [1.29, 1.82) is 0 Å². The van der Waals surface area contributed by atoms with Crippen molar-refractivity contribution in [2.45, 2.75) is 45.4 Å². The van der Waals surface area contributed by atoms with E-state index >= 15 is 0 Å². The normalized spacial score (nSPS) is 19.2. The van der Waals surface area contributed by atoms with Gasteiger partial charge in [0, 0.05) is 55.7 Å². The minimum absolute atomic E-state index is 0.0423. The van der Waals surface area contributed by atoms with Gasteiger partial charge in [-0.15, -0.1) is 0 Å². The molecule has 0 radical (unpaired) electrons. The molecule has 2 atom stereocenters. The van der Waals surface area contributed by atoms with Crippen LogP contribution in [-0.4, -0.2) is 44.9 Å². The molecule has 1 amide bonds. The van der Waals surface area contributed by atoms with Gasteiger partial charge in [0.1, 0.15) is 17.7 Å². The van der Waals surface area contributed by atoms with E-state index < -0.39 is 29.6 Å². The average molecular weight is 471 g/mol. The second kappa shape index (κ2) is 8.47. The van der Waals surface area contributed by atoms with Crippen molar-refractivity contribution in [1.82, 2.24) is 14.7 Å². The van der Waals surface area contributed by atoms with Crippen LogP contribution in [0.4, 0.5) is 13.2 Å². The molecule has 34 heavy (non-hydrogen) atoms. The van der Waals surface area contributed by atoms with Gasteiger partial charge in [0.15, 0.2) is 11.6 Å². The number of rotatable bonds is 4. The van der Waals surface area contributed by atoms with Gasteiger partial charge in [0.05, 0.1) is 18.4 Å². The smallest absolute Gasteiger partial charge is 0.219 e. The van der Waals surface area contributed by atoms with Crippen LogP contribution in [0, 0.1) is 17.5 Å². The summed E-state index contributed by atoms with van der Waals surface area (Å²) >= 11 is 0. The second-order valence-corrected chi connectivity index (χ2v) is 8.66. The van der Waals surface area contributed by atoms with Crippen molar-refractivity contribution in [2.75, 3.05) is 13.2 Å². The molecule has 0 saturated carbocycles. The van der Waals surface area contributed by atoms with E-state index in [1.54, 1.807) is 28.6 Å². The fraction of sp³-hybridized carbons (Fsp3) is 0.360. The molecule has 2 unspecified atom stereocenters. The fourth-order valence-corrected chi connectivity index (χ4v) is 5.02. The number of nitrogens with zero attached hydrogens (tertiary/aromatic N) is 3. The van der Waals surface area contributed by atoms with Crippen molar-refractivity contribution in [3.63, 3.8) is 0 Å². The van der Waals surface area contributed by atoms with Crippen LogP contribution in [0.2, 0.25) is 0 Å². The molecule has 5 rings (SSSR count). The summed E-state index contributed by atoms with van der Waals surface area (Å²) in [6.45, 7) is 4.27. The summed E-state index contributed by atoms with van der Waals surface area (Å²) in [5.41, 5.74) is 3.25. The molecule has 0 saturated heterocycles. The first-order valence-corrected chi connectivity index (χ1v) is 11.2. The van der Waals surface area contributed by atoms with Crippen molar-refractivity contribution in [3.8, 4) is 17.0 Å². The van der Waals surface area contributed by atoms with Crippen LogP contribution >= 0.6 is 0 Å². The van der Waals surface area contributed by atoms with Crippen LogP contribution in [0.25, 0.3) is 11.3 Å². The predicted octanol–water partition coefficient (Wildman–Crippen LogP) is 3.78. The van der Waals surface area contributed by atoms with Gasteiger partial charge >= 0.3 is 0 Å². The molecule has 0 fully saturated rings. The molecule has 1 aliphatic carbocycles. The van der Waals surface area contributed by atoms with Crippen molar-refractivity contribution in [3.05, 3.63) is 70.2 Å². The molecule has 2 heterocycles. The van der Waals surface area contributed by atoms with Crippen LogP contribution in [0.5, 0.6) is 5.75 Å². The first kappa shape index (κ1) is 22.5. The molecule has 6 nitrogen and oxygen atoms in total. The number of aromatic nitrogens is 2. The summed E-state index contributed by atoms with van der Waals surface area (Å²) in [5.74, 6) is -1.93. The lowest BCUT2D eigenvalue weighted by molar-refractivity contribution is -0.129. The largest absolute Gasteiger partial charge is 0.491 e. The molecule has 1 aliphatic heterocycles. The van der Waals surface area contributed by atoms with Gasteiger partial charge in [0.25, 0.3) is 0 Å². The van der Waals surface area contributed by atoms with Gasteiger partial charge in [0.2, 0.25) is 5.91 Å². The van der Waals surface area contributed by atoms with E-state index in [9.17, 15) is 23.1 Å². The molecule has 1 N–H and O–H groups in total. The van der Waals surface area contributed by atoms with E-state index in [-0.39, 0.29) is 36.8 Å². The predicted molar refractivity (Wildman–Crippen MR) is 118 cm³/mol. The molecule has 2 aromatic carbocycles. The number of halogens is 3. The zero-order valence-corrected chi connectivity index (χ0v) is 18.8. The Morgan fingerprint density at radius 2 is 1.97 bits per heavy atom. The Bertz CT molecular complexity index is 1290. The summed E-state index contributed by atoms with van der Waals surface area (Å²) in [6.07, 6.45) is -0.500. The number of ether oxygens (including phenoxy) is 1. The fourth-order valence-electron chi connectivity index (χ4n) is 5.02. The number of carbonyl (C=O) groups is 1. The SMILES string of the molecule is CCOc1cc(-c2nn(C3c4cc(F)cc(F)c4CC3O)c3c2CN(C(C)=O)CC3)ccc1F. The molecule has 178 valence electrons. The summed E-state index contributed by atoms with van der Waals surface area (Å²) in [4.78, 5) is 13.8. The zero-order valence-electron chi connectivity index (χ0n) is 18.8. The van der Waals surface area contributed by atoms with Crippen molar-refractivity contribution < 1.29 is 27.8 Å². The molecular weight excluding hydrogens is 447 g/mol. The Hall–Kier alpha value is -3.33. The molecule has 9 heteroatoms. The first-order chi connectivity index (χ1) is 16.3. The number of fused-ring (bicyclic) bond motifs is 2. The zero-order chi connectivity index (χ0) is 24.1. The summed E-state index contributed by atoms with van der Waals surface area (Å²) in [6, 6.07) is 5.70. The quantitative estimate of drug-likeness (QED) is 0.629. The van der Waals surface area contributed by atoms with E-state index in [1.165, 1.54) is 19.1 Å². The minimum atomic E-state index is -0.999. The number of amides is 1. The highest BCUT2D eigenvalue weighted by Gasteiger charge is 2.39. The minimum Gasteiger partial charge on any atom is -0.491 e. The highest BCUT2D eigenvalue weighted by Crippen LogP contribution is 2.41. The topological polar surface area (TPSA) is 67.6 Å². The first-order valence-electron chi connectivity index (χ1n) is 11.2. The number of hydrogen-bond acceptors (Lipinski definition) is 4. The van der Waals surface area contributed by atoms with Crippen LogP contribution < -0.4 is 4.74 Å². The third-order valence-electron chi connectivity index (χ3n) is 6.59. The average Bonchev–Trinajstić information content (AvgIpc) is 3.32. The van der Waals surface area contributed by atoms with Crippen LogP contribution in [-0.2, 0) is 24.2 Å². The van der Waals surface area contributed by atoms with Crippen LogP contribution in [0.3, 0.4) is 0 Å². The van der Waals surface area contributed by atoms with Gasteiger partial charge in [-0.05, 0) is 42.3 Å². The monoisotopic (exact) mass is 471 g/mol. The Morgan fingerprint density at radius 1 is 1.18 bits per heavy atom. The van der Waals surface area contributed by atoms with E-state index in [0.717, 1.165) is 17.3 Å². The molecule has 1 aromatic heterocycles. The number of hydrogen-bond donors (Lipinski definition) is 1. The molecule has 0 spiro atoms. The Kier molecular flexibility index (Phi) is 5.59. The summed E-state index contributed by atoms with van der Waals surface area (Å²) < 4.78 is 49.8. The lowest BCUT2D eigenvalue weighted by Crippen LogP contribution is -2.35. The summed E-state index contributed by atoms with van der Waals surface area (Å²) in [5, 5.41) is 15.6. The van der Waals surface area contributed by atoms with E-state index in [1.807, 2.05) is 0 Å². The number of aliphatic hydroxyl groups excluding tert-OH is 1. The second-order valence-electron chi connectivity index (χ2n) is 8.66. The van der Waals surface area contributed by atoms with E-state index in [4.69, 9.17) is 9.84 Å². The van der Waals surface area contributed by atoms with E-state index in [2.05, 4.69) is 0 Å². The molecular formula is C25H24F3N3O3. The summed E-state index contributed by atoms with van der Waals surface area (Å²) in [7, 11) is 0. The standard InChI is InChI=1S/C25H24F3N3O3/c1-3-34-23-8-14(4-5-19(23)27)24-18-12-30(13(2)32)7-6-21(18)31(29-24)25-17-9-15(26)10-20(28)16(17)11-22(25)33/h4-5,8-10,22,25,33H,3,6-7,11-12H2,1-2H3. The molecule has 3 aromatic rings. The lowest BCUT2D eigenvalue weighted by atomic mass is 9.99. The number of aliphatic hydroxyl groups is 1. The van der Waals surface area contributed by atoms with E-state index in [0.29, 0.717) is 29.8 Å². The maximum Gasteiger partial charge on any atom is 0.219 e. The van der Waals surface area contributed by atoms with Gasteiger partial charge in [-0.25, -0.2) is 13.2 Å². The highest BCUT2D eigenvalue weighted by molar-refractivity contribution is 5.75. The third-order valence-corrected chi connectivity index (χ3v) is 6.59. The Balaban J connectivity index is 1.68.